The lowest BCUT2D eigenvalue weighted by molar-refractivity contribution is -0.115. The van der Waals surface area contributed by atoms with Crippen LogP contribution in [0.2, 0.25) is 0 Å². The van der Waals surface area contributed by atoms with Crippen molar-refractivity contribution < 1.29 is 9.18 Å². The highest BCUT2D eigenvalue weighted by Gasteiger charge is 2.33. The Bertz CT molecular complexity index is 647. The van der Waals surface area contributed by atoms with Gasteiger partial charge in [-0.05, 0) is 42.0 Å². The van der Waals surface area contributed by atoms with Crippen molar-refractivity contribution in [3.8, 4) is 0 Å². The summed E-state index contributed by atoms with van der Waals surface area (Å²) in [6, 6.07) is 13.9. The molecule has 1 saturated heterocycles. The molecule has 0 spiro atoms. The van der Waals surface area contributed by atoms with E-state index < -0.39 is 0 Å². The maximum atomic E-state index is 13.0. The quantitative estimate of drug-likeness (QED) is 0.800. The number of anilines is 1. The molecule has 1 atom stereocenters. The van der Waals surface area contributed by atoms with Crippen LogP contribution in [0.1, 0.15) is 10.9 Å². The average Bonchev–Trinajstić information content (AvgIpc) is 2.82. The smallest absolute Gasteiger partial charge is 0.238 e. The Balaban J connectivity index is 1.98. The molecule has 1 fully saturated rings. The van der Waals surface area contributed by atoms with Crippen molar-refractivity contribution in [2.24, 2.45) is 0 Å². The van der Waals surface area contributed by atoms with Gasteiger partial charge in [0.05, 0.1) is 5.75 Å². The molecule has 0 bridgehead atoms. The summed E-state index contributed by atoms with van der Waals surface area (Å²) >= 11 is 5.03. The predicted molar refractivity (Wildman–Crippen MR) is 83.2 cm³/mol. The summed E-state index contributed by atoms with van der Waals surface area (Å²) in [6.45, 7) is 0. The van der Waals surface area contributed by atoms with Gasteiger partial charge in [-0.1, -0.05) is 28.1 Å². The van der Waals surface area contributed by atoms with E-state index in [9.17, 15) is 9.18 Å². The van der Waals surface area contributed by atoms with E-state index in [1.54, 1.807) is 28.8 Å². The molecule has 0 aromatic heterocycles. The molecule has 3 rings (SSSR count). The summed E-state index contributed by atoms with van der Waals surface area (Å²) in [5.41, 5.74) is 1.78. The van der Waals surface area contributed by atoms with Crippen molar-refractivity contribution in [1.29, 1.82) is 0 Å². The van der Waals surface area contributed by atoms with E-state index in [-0.39, 0.29) is 17.1 Å². The van der Waals surface area contributed by atoms with Crippen LogP contribution in [0.3, 0.4) is 0 Å². The molecule has 1 aliphatic rings. The Morgan fingerprint density at radius 2 is 1.95 bits per heavy atom. The van der Waals surface area contributed by atoms with Crippen molar-refractivity contribution in [3.63, 3.8) is 0 Å². The molecule has 2 nitrogen and oxygen atoms in total. The summed E-state index contributed by atoms with van der Waals surface area (Å²) in [7, 11) is 0. The maximum absolute atomic E-state index is 13.0. The van der Waals surface area contributed by atoms with Crippen molar-refractivity contribution in [2.75, 3.05) is 10.7 Å². The average molecular weight is 352 g/mol. The van der Waals surface area contributed by atoms with Crippen LogP contribution < -0.4 is 4.90 Å². The highest BCUT2D eigenvalue weighted by Crippen LogP contribution is 2.42. The van der Waals surface area contributed by atoms with E-state index in [1.165, 1.54) is 12.1 Å². The molecule has 102 valence electrons. The third-order valence-electron chi connectivity index (χ3n) is 3.11. The first-order valence-corrected chi connectivity index (χ1v) is 7.94. The van der Waals surface area contributed by atoms with Gasteiger partial charge >= 0.3 is 0 Å². The number of carbonyl (C=O) groups excluding carboxylic acids is 1. The Morgan fingerprint density at radius 3 is 2.65 bits per heavy atom. The molecule has 2 aromatic carbocycles. The second-order valence-electron chi connectivity index (χ2n) is 4.46. The summed E-state index contributed by atoms with van der Waals surface area (Å²) in [5.74, 6) is 0.188. The third kappa shape index (κ3) is 2.60. The largest absolute Gasteiger partial charge is 0.295 e. The van der Waals surface area contributed by atoms with Crippen molar-refractivity contribution in [1.82, 2.24) is 0 Å². The van der Waals surface area contributed by atoms with E-state index in [1.807, 2.05) is 24.3 Å². The summed E-state index contributed by atoms with van der Waals surface area (Å²) in [4.78, 5) is 13.9. The fourth-order valence-electron chi connectivity index (χ4n) is 2.21. The number of benzene rings is 2. The summed E-state index contributed by atoms with van der Waals surface area (Å²) < 4.78 is 14.0. The molecular weight excluding hydrogens is 341 g/mol. The Kier molecular flexibility index (Phi) is 3.81. The number of carbonyl (C=O) groups is 1. The topological polar surface area (TPSA) is 20.3 Å². The van der Waals surface area contributed by atoms with E-state index in [0.29, 0.717) is 5.75 Å². The summed E-state index contributed by atoms with van der Waals surface area (Å²) in [6.07, 6.45) is 0. The van der Waals surface area contributed by atoms with Gasteiger partial charge in [-0.25, -0.2) is 4.39 Å². The van der Waals surface area contributed by atoms with Crippen LogP contribution in [-0.4, -0.2) is 11.7 Å². The van der Waals surface area contributed by atoms with Crippen molar-refractivity contribution in [3.05, 3.63) is 64.4 Å². The third-order valence-corrected chi connectivity index (χ3v) is 4.81. The zero-order valence-electron chi connectivity index (χ0n) is 10.4. The van der Waals surface area contributed by atoms with E-state index in [4.69, 9.17) is 0 Å². The van der Waals surface area contributed by atoms with Crippen LogP contribution >= 0.6 is 27.7 Å². The van der Waals surface area contributed by atoms with Crippen LogP contribution in [0.15, 0.2) is 53.0 Å². The minimum Gasteiger partial charge on any atom is -0.295 e. The highest BCUT2D eigenvalue weighted by molar-refractivity contribution is 9.10. The highest BCUT2D eigenvalue weighted by atomic mass is 79.9. The van der Waals surface area contributed by atoms with Crippen LogP contribution in [-0.2, 0) is 4.79 Å². The lowest BCUT2D eigenvalue weighted by Crippen LogP contribution is -2.27. The number of amides is 1. The van der Waals surface area contributed by atoms with Crippen molar-refractivity contribution >= 4 is 39.3 Å². The van der Waals surface area contributed by atoms with Gasteiger partial charge < -0.3 is 0 Å². The van der Waals surface area contributed by atoms with Gasteiger partial charge in [0.2, 0.25) is 5.91 Å². The molecule has 1 heterocycles. The SMILES string of the molecule is O=C1CS[C@H](c2cccc(Br)c2)N1c1ccc(F)cc1. The first kappa shape index (κ1) is 13.6. The molecule has 1 aliphatic heterocycles. The fraction of sp³-hybridized carbons (Fsp3) is 0.133. The lowest BCUT2D eigenvalue weighted by atomic mass is 10.2. The van der Waals surface area contributed by atoms with Gasteiger partial charge in [-0.3, -0.25) is 9.69 Å². The minimum absolute atomic E-state index is 0.0478. The monoisotopic (exact) mass is 351 g/mol. The molecule has 5 heteroatoms. The second kappa shape index (κ2) is 5.58. The zero-order valence-corrected chi connectivity index (χ0v) is 12.8. The van der Waals surface area contributed by atoms with Crippen molar-refractivity contribution in [2.45, 2.75) is 5.37 Å². The van der Waals surface area contributed by atoms with Gasteiger partial charge in [0.1, 0.15) is 11.2 Å². The van der Waals surface area contributed by atoms with Crippen LogP contribution in [0.4, 0.5) is 10.1 Å². The molecular formula is C15H11BrFNOS. The van der Waals surface area contributed by atoms with Crippen LogP contribution in [0, 0.1) is 5.82 Å². The molecule has 20 heavy (non-hydrogen) atoms. The van der Waals surface area contributed by atoms with Crippen LogP contribution in [0.25, 0.3) is 0 Å². The normalized spacial score (nSPS) is 18.6. The summed E-state index contributed by atoms with van der Waals surface area (Å²) in [5, 5.41) is -0.0644. The maximum Gasteiger partial charge on any atom is 0.238 e. The lowest BCUT2D eigenvalue weighted by Gasteiger charge is -2.24. The number of nitrogens with zero attached hydrogens (tertiary/aromatic N) is 1. The number of hydrogen-bond acceptors (Lipinski definition) is 2. The van der Waals surface area contributed by atoms with E-state index in [2.05, 4.69) is 15.9 Å². The number of halogens is 2. The predicted octanol–water partition coefficient (Wildman–Crippen LogP) is 4.37. The van der Waals surface area contributed by atoms with Gasteiger partial charge in [-0.15, -0.1) is 11.8 Å². The van der Waals surface area contributed by atoms with Crippen LogP contribution in [0.5, 0.6) is 0 Å². The molecule has 0 unspecified atom stereocenters. The second-order valence-corrected chi connectivity index (χ2v) is 6.44. The van der Waals surface area contributed by atoms with Gasteiger partial charge in [0.15, 0.2) is 0 Å². The number of rotatable bonds is 2. The number of hydrogen-bond donors (Lipinski definition) is 0. The molecule has 0 saturated carbocycles. The van der Waals surface area contributed by atoms with Gasteiger partial charge in [0, 0.05) is 10.2 Å². The fourth-order valence-corrected chi connectivity index (χ4v) is 3.80. The Labute approximate surface area is 129 Å². The zero-order chi connectivity index (χ0) is 14.1. The first-order chi connectivity index (χ1) is 9.65. The molecule has 0 aliphatic carbocycles. The molecule has 0 radical (unpaired) electrons. The van der Waals surface area contributed by atoms with E-state index in [0.717, 1.165) is 15.7 Å². The van der Waals surface area contributed by atoms with Gasteiger partial charge in [0.25, 0.3) is 0 Å². The first-order valence-electron chi connectivity index (χ1n) is 6.10. The molecule has 2 aromatic rings. The number of thioether (sulfide) groups is 1. The Hall–Kier alpha value is -1.33. The van der Waals surface area contributed by atoms with Gasteiger partial charge in [-0.2, -0.15) is 0 Å². The molecule has 1 amide bonds. The Morgan fingerprint density at radius 1 is 1.20 bits per heavy atom. The van der Waals surface area contributed by atoms with E-state index >= 15 is 0 Å². The molecule has 0 N–H and O–H groups in total. The minimum atomic E-state index is -0.299. The standard InChI is InChI=1S/C15H11BrFNOS/c16-11-3-1-2-10(8-11)15-18(14(19)9-20-15)13-6-4-12(17)5-7-13/h1-8,15H,9H2/t15-/m1/s1.